The highest BCUT2D eigenvalue weighted by atomic mass is 19.4. The Morgan fingerprint density at radius 3 is 2.67 bits per heavy atom. The Labute approximate surface area is 137 Å². The Morgan fingerprint density at radius 1 is 1.33 bits per heavy atom. The van der Waals surface area contributed by atoms with Gasteiger partial charge in [-0.2, -0.15) is 13.2 Å². The smallest absolute Gasteiger partial charge is 0.374 e. The number of hydrogen-bond acceptors (Lipinski definition) is 3. The zero-order valence-electron chi connectivity index (χ0n) is 12.7. The van der Waals surface area contributed by atoms with Gasteiger partial charge in [0.2, 0.25) is 5.91 Å². The molecule has 24 heavy (non-hydrogen) atoms. The number of aliphatic hydroxyl groups is 1. The molecule has 0 saturated heterocycles. The lowest BCUT2D eigenvalue weighted by molar-refractivity contribution is -0.176. The molecule has 1 unspecified atom stereocenters. The minimum Gasteiger partial charge on any atom is -0.374 e. The molecule has 0 aromatic heterocycles. The molecule has 0 aliphatic carbocycles. The van der Waals surface area contributed by atoms with Crippen molar-refractivity contribution < 1.29 is 27.9 Å². The van der Waals surface area contributed by atoms with E-state index in [1.807, 2.05) is 0 Å². The van der Waals surface area contributed by atoms with E-state index in [1.165, 1.54) is 5.32 Å². The fourth-order valence-electron chi connectivity index (χ4n) is 1.76. The summed E-state index contributed by atoms with van der Waals surface area (Å²) in [6.07, 6.45) is -5.93. The van der Waals surface area contributed by atoms with Crippen molar-refractivity contribution in [3.8, 4) is 11.8 Å². The van der Waals surface area contributed by atoms with E-state index in [0.717, 1.165) is 5.56 Å². The second kappa shape index (κ2) is 8.93. The molecule has 1 aromatic rings. The van der Waals surface area contributed by atoms with Crippen LogP contribution in [0.4, 0.5) is 13.2 Å². The number of hydrogen-bond donors (Lipinski definition) is 3. The first-order chi connectivity index (χ1) is 11.2. The first kappa shape index (κ1) is 19.5. The average Bonchev–Trinajstić information content (AvgIpc) is 2.49. The highest BCUT2D eigenvalue weighted by Crippen LogP contribution is 2.15. The van der Waals surface area contributed by atoms with Crippen molar-refractivity contribution in [2.24, 2.45) is 5.73 Å². The normalized spacial score (nSPS) is 12.0. The van der Waals surface area contributed by atoms with Gasteiger partial charge in [0, 0.05) is 18.4 Å². The molecule has 0 bridgehead atoms. The Bertz CT molecular complexity index is 648. The van der Waals surface area contributed by atoms with Crippen LogP contribution in [0.15, 0.2) is 24.3 Å². The van der Waals surface area contributed by atoms with E-state index in [1.54, 1.807) is 24.3 Å². The molecule has 0 aliphatic heterocycles. The van der Waals surface area contributed by atoms with Crippen LogP contribution in [0.2, 0.25) is 0 Å². The van der Waals surface area contributed by atoms with Crippen LogP contribution >= 0.6 is 0 Å². The number of aliphatic hydroxyl groups excluding tert-OH is 1. The summed E-state index contributed by atoms with van der Waals surface area (Å²) >= 11 is 0. The summed E-state index contributed by atoms with van der Waals surface area (Å²) < 4.78 is 36.2. The van der Waals surface area contributed by atoms with E-state index in [2.05, 4.69) is 11.8 Å². The van der Waals surface area contributed by atoms with Crippen molar-refractivity contribution in [2.75, 3.05) is 0 Å². The van der Waals surface area contributed by atoms with Gasteiger partial charge in [-0.15, -0.1) is 0 Å². The molecule has 1 aromatic carbocycles. The van der Waals surface area contributed by atoms with Crippen LogP contribution in [-0.2, 0) is 16.0 Å². The van der Waals surface area contributed by atoms with Gasteiger partial charge in [0.25, 0.3) is 0 Å². The highest BCUT2D eigenvalue weighted by Gasteiger charge is 2.39. The van der Waals surface area contributed by atoms with Gasteiger partial charge in [-0.1, -0.05) is 24.0 Å². The third kappa shape index (κ3) is 7.65. The van der Waals surface area contributed by atoms with Crippen LogP contribution in [0.1, 0.15) is 30.4 Å². The molecule has 2 amide bonds. The SMILES string of the molecule is NC(=O)CCC#Cc1cccc(CCC(O)NC(=O)C(F)(F)F)c1. The van der Waals surface area contributed by atoms with Crippen LogP contribution in [0, 0.1) is 11.8 Å². The molecule has 0 radical (unpaired) electrons. The summed E-state index contributed by atoms with van der Waals surface area (Å²) in [5, 5.41) is 10.9. The molecule has 8 heteroatoms. The van der Waals surface area contributed by atoms with Crippen LogP contribution in [0.5, 0.6) is 0 Å². The van der Waals surface area contributed by atoms with Crippen LogP contribution in [0.3, 0.4) is 0 Å². The molecule has 0 aliphatic rings. The Hall–Kier alpha value is -2.53. The maximum Gasteiger partial charge on any atom is 0.471 e. The number of nitrogens with one attached hydrogen (secondary N) is 1. The van der Waals surface area contributed by atoms with E-state index >= 15 is 0 Å². The van der Waals surface area contributed by atoms with Gasteiger partial charge in [0.1, 0.15) is 6.23 Å². The van der Waals surface area contributed by atoms with E-state index in [4.69, 9.17) is 5.73 Å². The molecule has 5 nitrogen and oxygen atoms in total. The molecule has 4 N–H and O–H groups in total. The van der Waals surface area contributed by atoms with Gasteiger partial charge in [-0.25, -0.2) is 0 Å². The molecule has 0 heterocycles. The fraction of sp³-hybridized carbons (Fsp3) is 0.375. The van der Waals surface area contributed by atoms with Gasteiger partial charge in [-0.3, -0.25) is 9.59 Å². The summed E-state index contributed by atoms with van der Waals surface area (Å²) in [4.78, 5) is 21.3. The van der Waals surface area contributed by atoms with Crippen LogP contribution < -0.4 is 11.1 Å². The fourth-order valence-corrected chi connectivity index (χ4v) is 1.76. The zero-order valence-corrected chi connectivity index (χ0v) is 12.7. The number of carbonyl (C=O) groups excluding carboxylic acids is 2. The summed E-state index contributed by atoms with van der Waals surface area (Å²) in [6, 6.07) is 6.90. The van der Waals surface area contributed by atoms with Gasteiger partial charge in [-0.05, 0) is 30.5 Å². The zero-order chi connectivity index (χ0) is 18.2. The minimum absolute atomic E-state index is 0.0691. The number of alkyl halides is 3. The van der Waals surface area contributed by atoms with E-state index in [-0.39, 0.29) is 19.3 Å². The van der Waals surface area contributed by atoms with E-state index < -0.39 is 24.2 Å². The Kier molecular flexibility index (Phi) is 7.27. The number of nitrogens with two attached hydrogens (primary N) is 1. The molecule has 1 atom stereocenters. The number of rotatable bonds is 6. The van der Waals surface area contributed by atoms with Crippen molar-refractivity contribution in [1.82, 2.24) is 5.32 Å². The average molecular weight is 342 g/mol. The molecule has 0 saturated carbocycles. The first-order valence-electron chi connectivity index (χ1n) is 7.10. The summed E-state index contributed by atoms with van der Waals surface area (Å²) in [6.45, 7) is 0. The van der Waals surface area contributed by atoms with Crippen molar-refractivity contribution in [3.63, 3.8) is 0 Å². The minimum atomic E-state index is -5.03. The van der Waals surface area contributed by atoms with Gasteiger partial charge in [0.15, 0.2) is 0 Å². The first-order valence-corrected chi connectivity index (χ1v) is 7.10. The standard InChI is InChI=1S/C16H17F3N2O3/c17-16(18,19)15(24)21-14(23)9-8-12-6-3-5-11(10-12)4-1-2-7-13(20)22/h3,5-6,10,14,23H,2,7-9H2,(H2,20,22)(H,21,24). The Morgan fingerprint density at radius 2 is 2.04 bits per heavy atom. The molecular weight excluding hydrogens is 325 g/mol. The van der Waals surface area contributed by atoms with E-state index in [0.29, 0.717) is 12.0 Å². The molecule has 130 valence electrons. The monoisotopic (exact) mass is 342 g/mol. The van der Waals surface area contributed by atoms with E-state index in [9.17, 15) is 27.9 Å². The predicted molar refractivity (Wildman–Crippen MR) is 80.3 cm³/mol. The molecule has 0 spiro atoms. The largest absolute Gasteiger partial charge is 0.471 e. The maximum atomic E-state index is 12.1. The van der Waals surface area contributed by atoms with Gasteiger partial charge >= 0.3 is 12.1 Å². The number of aryl methyl sites for hydroxylation is 1. The second-order valence-corrected chi connectivity index (χ2v) is 4.99. The number of halogens is 3. The molecule has 1 rings (SSSR count). The third-order valence-electron chi connectivity index (χ3n) is 2.92. The summed E-state index contributed by atoms with van der Waals surface area (Å²) in [7, 11) is 0. The molecular formula is C16H17F3N2O3. The van der Waals surface area contributed by atoms with Crippen molar-refractivity contribution in [2.45, 2.75) is 38.1 Å². The van der Waals surface area contributed by atoms with Crippen LogP contribution in [0.25, 0.3) is 0 Å². The lowest BCUT2D eigenvalue weighted by Crippen LogP contribution is -2.43. The molecule has 0 fully saturated rings. The van der Waals surface area contributed by atoms with Crippen molar-refractivity contribution in [1.29, 1.82) is 0 Å². The lowest BCUT2D eigenvalue weighted by Gasteiger charge is -2.14. The maximum absolute atomic E-state index is 12.1. The number of carbonyl (C=O) groups is 2. The topological polar surface area (TPSA) is 92.4 Å². The Balaban J connectivity index is 2.52. The number of amides is 2. The van der Waals surface area contributed by atoms with Crippen LogP contribution in [-0.4, -0.2) is 29.3 Å². The number of primary amides is 1. The lowest BCUT2D eigenvalue weighted by atomic mass is 10.1. The van der Waals surface area contributed by atoms with Crippen molar-refractivity contribution >= 4 is 11.8 Å². The quantitative estimate of drug-likeness (QED) is 0.536. The van der Waals surface area contributed by atoms with Crippen molar-refractivity contribution in [3.05, 3.63) is 35.4 Å². The predicted octanol–water partition coefficient (Wildman–Crippen LogP) is 1.23. The highest BCUT2D eigenvalue weighted by molar-refractivity contribution is 5.81. The second-order valence-electron chi connectivity index (χ2n) is 4.99. The third-order valence-corrected chi connectivity index (χ3v) is 2.92. The number of benzene rings is 1. The van der Waals surface area contributed by atoms with Gasteiger partial charge < -0.3 is 16.2 Å². The summed E-state index contributed by atoms with van der Waals surface area (Å²) in [5.41, 5.74) is 6.41. The van der Waals surface area contributed by atoms with Gasteiger partial charge in [0.05, 0.1) is 0 Å². The summed E-state index contributed by atoms with van der Waals surface area (Å²) in [5.74, 6) is 3.01.